The fraction of sp³-hybridized carbons (Fsp3) is 0.235. The van der Waals surface area contributed by atoms with Gasteiger partial charge in [0.2, 0.25) is 0 Å². The minimum atomic E-state index is 0.235. The molecule has 2 aromatic carbocycles. The van der Waals surface area contributed by atoms with Crippen molar-refractivity contribution in [2.24, 2.45) is 0 Å². The molecule has 0 aliphatic carbocycles. The maximum Gasteiger partial charge on any atom is 0.118 e. The zero-order chi connectivity index (χ0) is 13.7. The summed E-state index contributed by atoms with van der Waals surface area (Å²) >= 11 is 0. The quantitative estimate of drug-likeness (QED) is 0.807. The molecule has 0 amide bonds. The number of rotatable bonds is 5. The molecule has 1 atom stereocenters. The lowest BCUT2D eigenvalue weighted by Crippen LogP contribution is -1.99. The van der Waals surface area contributed by atoms with Gasteiger partial charge in [0, 0.05) is 0 Å². The molecule has 0 heterocycles. The predicted octanol–water partition coefficient (Wildman–Crippen LogP) is 3.86. The van der Waals surface area contributed by atoms with E-state index in [1.165, 1.54) is 11.1 Å². The van der Waals surface area contributed by atoms with Gasteiger partial charge < -0.3 is 9.47 Å². The van der Waals surface area contributed by atoms with E-state index in [-0.39, 0.29) is 5.92 Å². The lowest BCUT2D eigenvalue weighted by Gasteiger charge is -2.13. The Balaban J connectivity index is 2.04. The van der Waals surface area contributed by atoms with Crippen LogP contribution in [0.3, 0.4) is 0 Å². The highest BCUT2D eigenvalue weighted by Crippen LogP contribution is 2.23. The number of hydrogen-bond donors (Lipinski definition) is 0. The van der Waals surface area contributed by atoms with Gasteiger partial charge in [-0.05, 0) is 54.7 Å². The molecule has 19 heavy (non-hydrogen) atoms. The molecule has 1 unspecified atom stereocenters. The van der Waals surface area contributed by atoms with E-state index in [0.29, 0.717) is 0 Å². The Morgan fingerprint density at radius 2 is 1.32 bits per heavy atom. The van der Waals surface area contributed by atoms with E-state index >= 15 is 0 Å². The fourth-order valence-electron chi connectivity index (χ4n) is 2.04. The van der Waals surface area contributed by atoms with E-state index < -0.39 is 0 Å². The number of methoxy groups -OCH3 is 2. The summed E-state index contributed by atoms with van der Waals surface area (Å²) in [6.45, 7) is 4.23. The van der Waals surface area contributed by atoms with Crippen LogP contribution in [0, 0.1) is 6.92 Å². The molecular formula is C17H19O2. The van der Waals surface area contributed by atoms with E-state index in [0.717, 1.165) is 17.9 Å². The third-order valence-corrected chi connectivity index (χ3v) is 3.23. The van der Waals surface area contributed by atoms with E-state index in [1.807, 2.05) is 24.3 Å². The highest BCUT2D eigenvalue weighted by atomic mass is 16.5. The second-order valence-corrected chi connectivity index (χ2v) is 4.52. The Hall–Kier alpha value is -1.96. The number of ether oxygens (including phenoxy) is 2. The lowest BCUT2D eigenvalue weighted by atomic mass is 9.94. The van der Waals surface area contributed by atoms with Gasteiger partial charge in [0.1, 0.15) is 11.5 Å². The molecule has 0 bridgehead atoms. The molecule has 2 heteroatoms. The Labute approximate surface area is 115 Å². The molecule has 0 aliphatic heterocycles. The van der Waals surface area contributed by atoms with Crippen LogP contribution in [-0.4, -0.2) is 14.2 Å². The van der Waals surface area contributed by atoms with Gasteiger partial charge in [0.15, 0.2) is 0 Å². The molecule has 1 radical (unpaired) electrons. The molecule has 0 spiro atoms. The van der Waals surface area contributed by atoms with Crippen molar-refractivity contribution in [1.29, 1.82) is 0 Å². The van der Waals surface area contributed by atoms with Crippen molar-refractivity contribution >= 4 is 0 Å². The van der Waals surface area contributed by atoms with Crippen LogP contribution in [0.1, 0.15) is 17.0 Å². The Morgan fingerprint density at radius 3 is 1.79 bits per heavy atom. The summed E-state index contributed by atoms with van der Waals surface area (Å²) in [5.74, 6) is 1.99. The number of benzene rings is 2. The molecule has 2 aromatic rings. The largest absolute Gasteiger partial charge is 0.497 e. The Bertz CT molecular complexity index is 500. The summed E-state index contributed by atoms with van der Waals surface area (Å²) in [5.41, 5.74) is 2.48. The van der Waals surface area contributed by atoms with Crippen LogP contribution in [0.5, 0.6) is 11.5 Å². The van der Waals surface area contributed by atoms with Crippen molar-refractivity contribution < 1.29 is 9.47 Å². The van der Waals surface area contributed by atoms with E-state index in [2.05, 4.69) is 31.2 Å². The van der Waals surface area contributed by atoms with Gasteiger partial charge in [-0.1, -0.05) is 24.3 Å². The van der Waals surface area contributed by atoms with Gasteiger partial charge in [-0.25, -0.2) is 0 Å². The zero-order valence-electron chi connectivity index (χ0n) is 11.4. The summed E-state index contributed by atoms with van der Waals surface area (Å²) in [5, 5.41) is 0. The third kappa shape index (κ3) is 3.50. The van der Waals surface area contributed by atoms with E-state index in [1.54, 1.807) is 14.2 Å². The minimum Gasteiger partial charge on any atom is -0.497 e. The molecule has 0 saturated heterocycles. The van der Waals surface area contributed by atoms with Gasteiger partial charge in [-0.15, -0.1) is 0 Å². The van der Waals surface area contributed by atoms with E-state index in [4.69, 9.17) is 9.47 Å². The smallest absolute Gasteiger partial charge is 0.118 e. The maximum atomic E-state index is 5.16. The topological polar surface area (TPSA) is 18.5 Å². The summed E-state index contributed by atoms with van der Waals surface area (Å²) < 4.78 is 10.3. The molecule has 0 N–H and O–H groups in total. The van der Waals surface area contributed by atoms with Gasteiger partial charge in [-0.2, -0.15) is 0 Å². The normalized spacial score (nSPS) is 11.9. The monoisotopic (exact) mass is 255 g/mol. The molecule has 99 valence electrons. The maximum absolute atomic E-state index is 5.16. The lowest BCUT2D eigenvalue weighted by molar-refractivity contribution is 0.414. The van der Waals surface area contributed by atoms with Crippen molar-refractivity contribution in [3.05, 3.63) is 66.6 Å². The Morgan fingerprint density at radius 1 is 0.842 bits per heavy atom. The molecule has 0 aliphatic rings. The first-order chi connectivity index (χ1) is 9.22. The fourth-order valence-corrected chi connectivity index (χ4v) is 2.04. The molecule has 0 aromatic heterocycles. The van der Waals surface area contributed by atoms with Crippen LogP contribution in [-0.2, 0) is 6.42 Å². The van der Waals surface area contributed by atoms with Crippen molar-refractivity contribution in [2.75, 3.05) is 14.2 Å². The molecular weight excluding hydrogens is 236 g/mol. The summed E-state index contributed by atoms with van der Waals surface area (Å²) in [4.78, 5) is 0. The van der Waals surface area contributed by atoms with Gasteiger partial charge >= 0.3 is 0 Å². The highest BCUT2D eigenvalue weighted by molar-refractivity contribution is 5.33. The van der Waals surface area contributed by atoms with Crippen LogP contribution < -0.4 is 9.47 Å². The average Bonchev–Trinajstić information content (AvgIpc) is 2.48. The van der Waals surface area contributed by atoms with Gasteiger partial charge in [0.05, 0.1) is 14.2 Å². The van der Waals surface area contributed by atoms with Crippen LogP contribution >= 0.6 is 0 Å². The highest BCUT2D eigenvalue weighted by Gasteiger charge is 2.07. The second kappa shape index (κ2) is 6.28. The molecule has 0 saturated carbocycles. The summed E-state index contributed by atoms with van der Waals surface area (Å²) in [7, 11) is 3.35. The molecule has 2 rings (SSSR count). The van der Waals surface area contributed by atoms with Gasteiger partial charge in [0.25, 0.3) is 0 Å². The van der Waals surface area contributed by atoms with Crippen LogP contribution in [0.2, 0.25) is 0 Å². The van der Waals surface area contributed by atoms with Crippen molar-refractivity contribution in [2.45, 2.75) is 12.3 Å². The standard InChI is InChI=1S/C17H19O2/c1-13(15-6-10-17(19-3)11-7-15)12-14-4-8-16(18-2)9-5-14/h4-11,13H,1,12H2,2-3H3. The van der Waals surface area contributed by atoms with Crippen LogP contribution in [0.25, 0.3) is 0 Å². The average molecular weight is 255 g/mol. The first-order valence-corrected chi connectivity index (χ1v) is 6.33. The molecule has 0 fully saturated rings. The van der Waals surface area contributed by atoms with Crippen molar-refractivity contribution in [3.63, 3.8) is 0 Å². The molecule has 2 nitrogen and oxygen atoms in total. The first kappa shape index (κ1) is 13.5. The SMILES string of the molecule is [CH2]C(Cc1ccc(OC)cc1)c1ccc(OC)cc1. The summed E-state index contributed by atoms with van der Waals surface area (Å²) in [6.07, 6.45) is 0.913. The minimum absolute atomic E-state index is 0.235. The van der Waals surface area contributed by atoms with Crippen LogP contribution in [0.15, 0.2) is 48.5 Å². The van der Waals surface area contributed by atoms with Crippen LogP contribution in [0.4, 0.5) is 0 Å². The van der Waals surface area contributed by atoms with Crippen molar-refractivity contribution in [1.82, 2.24) is 0 Å². The third-order valence-electron chi connectivity index (χ3n) is 3.23. The first-order valence-electron chi connectivity index (χ1n) is 6.33. The van der Waals surface area contributed by atoms with E-state index in [9.17, 15) is 0 Å². The Kier molecular flexibility index (Phi) is 4.45. The zero-order valence-corrected chi connectivity index (χ0v) is 11.4. The second-order valence-electron chi connectivity index (χ2n) is 4.52. The van der Waals surface area contributed by atoms with Crippen molar-refractivity contribution in [3.8, 4) is 11.5 Å². The number of hydrogen-bond acceptors (Lipinski definition) is 2. The summed E-state index contributed by atoms with van der Waals surface area (Å²) in [6, 6.07) is 16.2. The van der Waals surface area contributed by atoms with Gasteiger partial charge in [-0.3, -0.25) is 0 Å². The predicted molar refractivity (Wildman–Crippen MR) is 77.8 cm³/mol.